The van der Waals surface area contributed by atoms with Gasteiger partial charge in [-0.25, -0.2) is 18.7 Å². The molecule has 5 rings (SSSR count). The minimum absolute atomic E-state index is 0.0579. The number of hydrogen-bond donors (Lipinski definition) is 3. The van der Waals surface area contributed by atoms with E-state index in [2.05, 4.69) is 22.0 Å². The lowest BCUT2D eigenvalue weighted by molar-refractivity contribution is -0.662. The first kappa shape index (κ1) is 24.5. The zero-order valence-electron chi connectivity index (χ0n) is 19.3. The molecule has 190 valence electrons. The van der Waals surface area contributed by atoms with E-state index in [1.807, 2.05) is 45.8 Å². The van der Waals surface area contributed by atoms with Crippen LogP contribution in [0.1, 0.15) is 5.69 Å². The van der Waals surface area contributed by atoms with Crippen molar-refractivity contribution in [2.24, 2.45) is 5.16 Å². The van der Waals surface area contributed by atoms with Gasteiger partial charge in [0, 0.05) is 22.8 Å². The number of anilines is 1. The lowest BCUT2D eigenvalue weighted by Crippen LogP contribution is -2.71. The lowest BCUT2D eigenvalue weighted by atomic mass is 10.0. The number of carbonyl (C=O) groups is 3. The number of nitrogens with zero attached hydrogens (tertiary/aromatic N) is 5. The van der Waals surface area contributed by atoms with E-state index in [0.717, 1.165) is 17.0 Å². The smallest absolute Gasteiger partial charge is 0.352 e. The van der Waals surface area contributed by atoms with Crippen molar-refractivity contribution < 1.29 is 28.9 Å². The van der Waals surface area contributed by atoms with Gasteiger partial charge in [0.25, 0.3) is 17.5 Å². The number of aromatic nitrogens is 3. The molecule has 2 aliphatic heterocycles. The number of aliphatic carboxylic acids is 1. The summed E-state index contributed by atoms with van der Waals surface area (Å²) in [6.45, 7) is 3.91. The average Bonchev–Trinajstić information content (AvgIpc) is 3.50. The number of oxime groups is 1. The standard InChI is InChI=1S/C23H21N7O5S2/c1-2-9-35-27-16(14-12-37-23(24)25-14)19(31)26-17-20(32)30-18(22(33)34)13(11-36-21(17)30)10-29-8-7-28-6-4-3-5-15(28)29/h2-8,12,17,21H,1,9-11H2,(H3-,24,25,26,31,33,34)/p+1/b27-16-/t17-,21-/m1/s1. The lowest BCUT2D eigenvalue weighted by Gasteiger charge is -2.49. The van der Waals surface area contributed by atoms with Crippen molar-refractivity contribution in [1.82, 2.24) is 19.6 Å². The number of nitrogen functional groups attached to an aromatic ring is 1. The fourth-order valence-corrected chi connectivity index (χ4v) is 6.04. The first-order valence-electron chi connectivity index (χ1n) is 11.1. The summed E-state index contributed by atoms with van der Waals surface area (Å²) >= 11 is 2.52. The van der Waals surface area contributed by atoms with Gasteiger partial charge < -0.3 is 21.0 Å². The van der Waals surface area contributed by atoms with E-state index in [1.165, 1.54) is 22.7 Å². The van der Waals surface area contributed by atoms with Gasteiger partial charge >= 0.3 is 5.97 Å². The second-order valence-electron chi connectivity index (χ2n) is 8.11. The van der Waals surface area contributed by atoms with Gasteiger partial charge in [-0.1, -0.05) is 23.9 Å². The van der Waals surface area contributed by atoms with Crippen molar-refractivity contribution in [3.63, 3.8) is 0 Å². The zero-order valence-corrected chi connectivity index (χ0v) is 20.9. The number of amides is 2. The monoisotopic (exact) mass is 540 g/mol. The molecule has 0 spiro atoms. The van der Waals surface area contributed by atoms with E-state index < -0.39 is 29.2 Å². The Morgan fingerprint density at radius 3 is 2.97 bits per heavy atom. The van der Waals surface area contributed by atoms with E-state index in [4.69, 9.17) is 10.6 Å². The van der Waals surface area contributed by atoms with Gasteiger partial charge in [0.2, 0.25) is 0 Å². The van der Waals surface area contributed by atoms with Crippen LogP contribution in [0, 0.1) is 0 Å². The molecule has 0 aromatic carbocycles. The summed E-state index contributed by atoms with van der Waals surface area (Å²) in [6.07, 6.45) is 7.10. The highest BCUT2D eigenvalue weighted by Gasteiger charge is 2.54. The maximum Gasteiger partial charge on any atom is 0.352 e. The molecule has 1 saturated heterocycles. The molecule has 3 aromatic rings. The maximum atomic E-state index is 13.1. The summed E-state index contributed by atoms with van der Waals surface area (Å²) < 4.78 is 3.85. The molecule has 0 saturated carbocycles. The molecule has 4 N–H and O–H groups in total. The molecule has 12 nitrogen and oxygen atoms in total. The van der Waals surface area contributed by atoms with Gasteiger partial charge in [0.15, 0.2) is 10.8 Å². The van der Waals surface area contributed by atoms with Gasteiger partial charge in [-0.3, -0.25) is 14.5 Å². The molecule has 5 heterocycles. The molecule has 2 atom stereocenters. The summed E-state index contributed by atoms with van der Waals surface area (Å²) in [5.74, 6) is -2.02. The molecular formula is C23H22N7O5S2+. The Kier molecular flexibility index (Phi) is 6.67. The third kappa shape index (κ3) is 4.56. The van der Waals surface area contributed by atoms with Gasteiger partial charge in [-0.15, -0.1) is 23.1 Å². The third-order valence-electron chi connectivity index (χ3n) is 5.79. The Morgan fingerprint density at radius 2 is 2.24 bits per heavy atom. The maximum absolute atomic E-state index is 13.1. The number of imidazole rings is 1. The van der Waals surface area contributed by atoms with Crippen LogP contribution in [-0.2, 0) is 25.8 Å². The Bertz CT molecular complexity index is 1480. The quantitative estimate of drug-likeness (QED) is 0.0891. The van der Waals surface area contributed by atoms with Crippen LogP contribution in [0.5, 0.6) is 0 Å². The topological polar surface area (TPSA) is 156 Å². The fraction of sp³-hybridized carbons (Fsp3) is 0.217. The predicted octanol–water partition coefficient (Wildman–Crippen LogP) is 0.611. The number of carbonyl (C=O) groups excluding carboxylic acids is 2. The number of thioether (sulfide) groups is 1. The van der Waals surface area contributed by atoms with Crippen LogP contribution in [0.3, 0.4) is 0 Å². The van der Waals surface area contributed by atoms with Crippen LogP contribution in [-0.4, -0.2) is 66.7 Å². The number of fused-ring (bicyclic) bond motifs is 2. The number of thiazole rings is 1. The van der Waals surface area contributed by atoms with Crippen molar-refractivity contribution in [3.05, 3.63) is 71.8 Å². The summed E-state index contributed by atoms with van der Waals surface area (Å²) in [5, 5.41) is 17.7. The van der Waals surface area contributed by atoms with Crippen molar-refractivity contribution in [3.8, 4) is 0 Å². The summed E-state index contributed by atoms with van der Waals surface area (Å²) in [7, 11) is 0. The van der Waals surface area contributed by atoms with E-state index in [-0.39, 0.29) is 28.8 Å². The molecule has 0 aliphatic carbocycles. The summed E-state index contributed by atoms with van der Waals surface area (Å²) in [5.41, 5.74) is 7.18. The molecular weight excluding hydrogens is 518 g/mol. The number of nitrogens with one attached hydrogen (secondary N) is 1. The van der Waals surface area contributed by atoms with Gasteiger partial charge in [0.05, 0.1) is 6.20 Å². The van der Waals surface area contributed by atoms with Crippen molar-refractivity contribution in [2.75, 3.05) is 18.1 Å². The normalized spacial score (nSPS) is 19.4. The number of nitrogens with two attached hydrogens (primary N) is 1. The van der Waals surface area contributed by atoms with Crippen molar-refractivity contribution >= 4 is 57.4 Å². The van der Waals surface area contributed by atoms with E-state index in [1.54, 1.807) is 5.38 Å². The number of hydrogen-bond acceptors (Lipinski definition) is 9. The van der Waals surface area contributed by atoms with Gasteiger partial charge in [-0.05, 0) is 6.07 Å². The van der Waals surface area contributed by atoms with Crippen LogP contribution < -0.4 is 15.6 Å². The highest BCUT2D eigenvalue weighted by atomic mass is 32.2. The second-order valence-corrected chi connectivity index (χ2v) is 10.1. The molecule has 37 heavy (non-hydrogen) atoms. The number of rotatable bonds is 9. The highest BCUT2D eigenvalue weighted by molar-refractivity contribution is 8.00. The number of pyridine rings is 1. The SMILES string of the molecule is C=CCO/N=C(\C(=O)N[C@@H]1C(=O)N2C(C(=O)O)=C(C[n+]3ccn4ccccc43)CS[C@H]12)c1csc(N)n1. The first-order valence-corrected chi connectivity index (χ1v) is 13.0. The molecule has 0 unspecified atom stereocenters. The average molecular weight is 541 g/mol. The number of carboxylic acids is 1. The molecule has 0 radical (unpaired) electrons. The van der Waals surface area contributed by atoms with E-state index in [9.17, 15) is 19.5 Å². The van der Waals surface area contributed by atoms with Crippen LogP contribution >= 0.6 is 23.1 Å². The minimum atomic E-state index is -1.19. The van der Waals surface area contributed by atoms with Gasteiger partial charge in [0.1, 0.15) is 48.4 Å². The highest BCUT2D eigenvalue weighted by Crippen LogP contribution is 2.40. The van der Waals surface area contributed by atoms with Crippen LogP contribution in [0.2, 0.25) is 0 Å². The van der Waals surface area contributed by atoms with Crippen LogP contribution in [0.15, 0.2) is 71.3 Å². The molecule has 3 aromatic heterocycles. The number of carboxylic acid groups (broad SMARTS) is 1. The molecule has 1 fully saturated rings. The Labute approximate surface area is 218 Å². The Morgan fingerprint density at radius 1 is 1.41 bits per heavy atom. The fourth-order valence-electron chi connectivity index (χ4n) is 4.15. The van der Waals surface area contributed by atoms with Crippen LogP contribution in [0.4, 0.5) is 5.13 Å². The van der Waals surface area contributed by atoms with E-state index >= 15 is 0 Å². The van der Waals surface area contributed by atoms with Crippen molar-refractivity contribution in [2.45, 2.75) is 18.0 Å². The molecule has 0 bridgehead atoms. The minimum Gasteiger partial charge on any atom is -0.477 e. The Hall–Kier alpha value is -4.17. The first-order chi connectivity index (χ1) is 17.9. The molecule has 14 heteroatoms. The summed E-state index contributed by atoms with van der Waals surface area (Å²) in [4.78, 5) is 48.8. The summed E-state index contributed by atoms with van der Waals surface area (Å²) in [6, 6.07) is 4.79. The Balaban J connectivity index is 1.36. The van der Waals surface area contributed by atoms with Crippen LogP contribution in [0.25, 0.3) is 5.65 Å². The second kappa shape index (κ2) is 10.1. The zero-order chi connectivity index (χ0) is 26.1. The third-order valence-corrected chi connectivity index (χ3v) is 7.81. The number of β-lactam (4-membered cyclic amide) rings is 1. The van der Waals surface area contributed by atoms with Crippen molar-refractivity contribution in [1.29, 1.82) is 0 Å². The van der Waals surface area contributed by atoms with E-state index in [0.29, 0.717) is 17.9 Å². The molecule has 2 amide bonds. The van der Waals surface area contributed by atoms with Gasteiger partial charge in [-0.2, -0.15) is 0 Å². The largest absolute Gasteiger partial charge is 0.477 e. The molecule has 2 aliphatic rings. The predicted molar refractivity (Wildman–Crippen MR) is 136 cm³/mol.